The van der Waals surface area contributed by atoms with Crippen LogP contribution in [0.25, 0.3) is 0 Å². The Bertz CT molecular complexity index is 1490. The number of hydrogen-bond acceptors (Lipinski definition) is 7. The van der Waals surface area contributed by atoms with Gasteiger partial charge in [-0.05, 0) is 79.3 Å². The van der Waals surface area contributed by atoms with E-state index in [0.29, 0.717) is 27.9 Å². The number of aryl methyl sites for hydroxylation is 1. The maximum Gasteiger partial charge on any atom is 0.257 e. The minimum absolute atomic E-state index is 0.0327. The molecule has 0 radical (unpaired) electrons. The van der Waals surface area contributed by atoms with Gasteiger partial charge in [0.05, 0.1) is 23.4 Å². The molecule has 2 unspecified atom stereocenters. The van der Waals surface area contributed by atoms with Crippen LogP contribution in [0.15, 0.2) is 35.4 Å². The zero-order valence-corrected chi connectivity index (χ0v) is 26.8. The number of rotatable bonds is 7. The smallest absolute Gasteiger partial charge is 0.257 e. The van der Waals surface area contributed by atoms with Gasteiger partial charge in [0.2, 0.25) is 17.7 Å². The zero-order valence-electron chi connectivity index (χ0n) is 26.0. The monoisotopic (exact) mass is 615 g/mol. The summed E-state index contributed by atoms with van der Waals surface area (Å²) in [5.41, 5.74) is 3.74. The Labute approximate surface area is 263 Å². The molecule has 10 heteroatoms. The summed E-state index contributed by atoms with van der Waals surface area (Å²) >= 11 is 1.25. The minimum atomic E-state index is -0.880. The third kappa shape index (κ3) is 6.83. The van der Waals surface area contributed by atoms with Crippen LogP contribution >= 0.6 is 11.8 Å². The number of thioether (sulfide) groups is 1. The number of nitrogens with one attached hydrogen (secondary N) is 1. The molecule has 4 amide bonds. The Balaban J connectivity index is 1.35. The second-order valence-corrected chi connectivity index (χ2v) is 14.2. The van der Waals surface area contributed by atoms with E-state index in [1.807, 2.05) is 6.07 Å². The van der Waals surface area contributed by atoms with Crippen LogP contribution < -0.4 is 10.2 Å². The van der Waals surface area contributed by atoms with Gasteiger partial charge >= 0.3 is 0 Å². The van der Waals surface area contributed by atoms with Gasteiger partial charge in [-0.1, -0.05) is 51.8 Å². The first-order valence-electron chi connectivity index (χ1n) is 15.6. The molecule has 1 aliphatic heterocycles. The molecule has 5 rings (SSSR count). The summed E-state index contributed by atoms with van der Waals surface area (Å²) < 4.78 is 0. The molecule has 0 spiro atoms. The van der Waals surface area contributed by atoms with Crippen LogP contribution in [0, 0.1) is 22.7 Å². The van der Waals surface area contributed by atoms with E-state index in [-0.39, 0.29) is 41.4 Å². The van der Waals surface area contributed by atoms with Crippen molar-refractivity contribution >= 4 is 46.8 Å². The predicted molar refractivity (Wildman–Crippen MR) is 170 cm³/mol. The molecule has 232 valence electrons. The number of nitriles is 1. The van der Waals surface area contributed by atoms with Crippen molar-refractivity contribution in [1.82, 2.24) is 9.88 Å². The van der Waals surface area contributed by atoms with E-state index >= 15 is 0 Å². The summed E-state index contributed by atoms with van der Waals surface area (Å²) in [7, 11) is 0. The number of carbonyl (C=O) groups excluding carboxylic acids is 4. The number of imide groups is 1. The first-order chi connectivity index (χ1) is 21.0. The first-order valence-corrected chi connectivity index (χ1v) is 16.6. The molecule has 9 nitrogen and oxygen atoms in total. The summed E-state index contributed by atoms with van der Waals surface area (Å²) in [6, 6.07) is 9.77. The van der Waals surface area contributed by atoms with Gasteiger partial charge in [0.1, 0.15) is 17.1 Å². The molecule has 2 atom stereocenters. The Hall–Kier alpha value is -3.71. The van der Waals surface area contributed by atoms with Crippen molar-refractivity contribution in [2.24, 2.45) is 11.3 Å². The van der Waals surface area contributed by atoms with Crippen molar-refractivity contribution in [2.75, 3.05) is 16.0 Å². The lowest BCUT2D eigenvalue weighted by molar-refractivity contribution is -0.139. The number of fused-ring (bicyclic) bond motifs is 1. The molecular formula is C34H41N5O4S. The summed E-state index contributed by atoms with van der Waals surface area (Å²) in [4.78, 5) is 60.0. The number of aromatic nitrogens is 1. The van der Waals surface area contributed by atoms with Gasteiger partial charge in [-0.2, -0.15) is 5.26 Å². The van der Waals surface area contributed by atoms with Gasteiger partial charge < -0.3 is 10.2 Å². The summed E-state index contributed by atoms with van der Waals surface area (Å²) in [6.45, 7) is 8.16. The fourth-order valence-electron chi connectivity index (χ4n) is 6.77. The molecule has 1 saturated heterocycles. The standard InChI is InChI=1S/C34H41N5O4S/c1-21(40)36-25-11-13-27(14-12-25)39-30(41)18-29(33(39)43)38(26-8-6-5-7-9-26)31(42)20-44-32-23(19-35)16-22-17-24(34(2,3)4)10-15-28(22)37-32/h11-14,16,24,26,29H,5-10,15,17-18,20H2,1-4H3,(H,36,40). The average Bonchev–Trinajstić information content (AvgIpc) is 3.28. The van der Waals surface area contributed by atoms with Crippen molar-refractivity contribution in [3.63, 3.8) is 0 Å². The highest BCUT2D eigenvalue weighted by atomic mass is 32.2. The van der Waals surface area contributed by atoms with Crippen molar-refractivity contribution in [2.45, 2.75) is 103 Å². The Morgan fingerprint density at radius 3 is 2.43 bits per heavy atom. The van der Waals surface area contributed by atoms with Crippen LogP contribution in [0.2, 0.25) is 0 Å². The van der Waals surface area contributed by atoms with Gasteiger partial charge in [0, 0.05) is 24.3 Å². The van der Waals surface area contributed by atoms with Crippen molar-refractivity contribution < 1.29 is 19.2 Å². The lowest BCUT2D eigenvalue weighted by atomic mass is 9.71. The third-order valence-electron chi connectivity index (χ3n) is 9.19. The summed E-state index contributed by atoms with van der Waals surface area (Å²) in [6.07, 6.45) is 7.29. The highest BCUT2D eigenvalue weighted by molar-refractivity contribution is 8.00. The molecule has 1 N–H and O–H groups in total. The van der Waals surface area contributed by atoms with E-state index in [0.717, 1.165) is 67.5 Å². The SMILES string of the molecule is CC(=O)Nc1ccc(N2C(=O)CC(N(C(=O)CSc3nc4c(cc3C#N)CC(C(C)(C)C)CC4)C3CCCCC3)C2=O)cc1. The van der Waals surface area contributed by atoms with Crippen LogP contribution in [-0.4, -0.2) is 51.3 Å². The lowest BCUT2D eigenvalue weighted by Crippen LogP contribution is -2.52. The predicted octanol–water partition coefficient (Wildman–Crippen LogP) is 5.65. The quantitative estimate of drug-likeness (QED) is 0.315. The number of carbonyl (C=O) groups is 4. The second kappa shape index (κ2) is 13.1. The van der Waals surface area contributed by atoms with E-state index in [1.165, 1.54) is 18.7 Å². The van der Waals surface area contributed by atoms with E-state index in [2.05, 4.69) is 32.2 Å². The molecule has 1 aromatic heterocycles. The zero-order chi connectivity index (χ0) is 31.6. The number of nitrogens with zero attached hydrogens (tertiary/aromatic N) is 4. The number of hydrogen-bond donors (Lipinski definition) is 1. The lowest BCUT2D eigenvalue weighted by Gasteiger charge is -2.37. The molecule has 2 heterocycles. The molecule has 0 bridgehead atoms. The van der Waals surface area contributed by atoms with Crippen LogP contribution in [0.1, 0.15) is 89.5 Å². The Morgan fingerprint density at radius 2 is 1.80 bits per heavy atom. The van der Waals surface area contributed by atoms with Crippen LogP contribution in [0.5, 0.6) is 0 Å². The number of benzene rings is 1. The first kappa shape index (κ1) is 31.7. The van der Waals surface area contributed by atoms with Crippen molar-refractivity contribution in [3.05, 3.63) is 47.2 Å². The van der Waals surface area contributed by atoms with Crippen molar-refractivity contribution in [1.29, 1.82) is 5.26 Å². The van der Waals surface area contributed by atoms with Gasteiger partial charge in [-0.25, -0.2) is 9.88 Å². The number of amides is 4. The molecule has 2 fully saturated rings. The largest absolute Gasteiger partial charge is 0.326 e. The molecule has 44 heavy (non-hydrogen) atoms. The van der Waals surface area contributed by atoms with E-state index in [1.54, 1.807) is 29.2 Å². The number of pyridine rings is 1. The fourth-order valence-corrected chi connectivity index (χ4v) is 7.62. The van der Waals surface area contributed by atoms with Gasteiger partial charge in [0.25, 0.3) is 5.91 Å². The van der Waals surface area contributed by atoms with Gasteiger partial charge in [-0.3, -0.25) is 19.2 Å². The highest BCUT2D eigenvalue weighted by Gasteiger charge is 2.46. The Kier molecular flexibility index (Phi) is 9.45. The molecule has 2 aromatic rings. The normalized spacial score (nSPS) is 20.7. The summed E-state index contributed by atoms with van der Waals surface area (Å²) in [5.74, 6) is -0.645. The van der Waals surface area contributed by atoms with E-state index in [9.17, 15) is 24.4 Å². The van der Waals surface area contributed by atoms with Gasteiger partial charge in [-0.15, -0.1) is 0 Å². The number of anilines is 2. The molecule has 2 aliphatic carbocycles. The molecule has 1 saturated carbocycles. The maximum atomic E-state index is 14.0. The van der Waals surface area contributed by atoms with E-state index in [4.69, 9.17) is 4.98 Å². The topological polar surface area (TPSA) is 123 Å². The van der Waals surface area contributed by atoms with Crippen LogP contribution in [-0.2, 0) is 32.0 Å². The van der Waals surface area contributed by atoms with Gasteiger partial charge in [0.15, 0.2) is 0 Å². The summed E-state index contributed by atoms with van der Waals surface area (Å²) in [5, 5.41) is 13.2. The Morgan fingerprint density at radius 1 is 1.09 bits per heavy atom. The molecule has 3 aliphatic rings. The fraction of sp³-hybridized carbons (Fsp3) is 0.529. The second-order valence-electron chi connectivity index (χ2n) is 13.3. The van der Waals surface area contributed by atoms with E-state index < -0.39 is 11.9 Å². The van der Waals surface area contributed by atoms with Crippen LogP contribution in [0.4, 0.5) is 11.4 Å². The average molecular weight is 616 g/mol. The molecule has 1 aromatic carbocycles. The maximum absolute atomic E-state index is 14.0. The third-order valence-corrected chi connectivity index (χ3v) is 10.2. The minimum Gasteiger partial charge on any atom is -0.326 e. The molecular weight excluding hydrogens is 574 g/mol. The van der Waals surface area contributed by atoms with Crippen LogP contribution in [0.3, 0.4) is 0 Å². The van der Waals surface area contributed by atoms with Crippen molar-refractivity contribution in [3.8, 4) is 6.07 Å². The highest BCUT2D eigenvalue weighted by Crippen LogP contribution is 2.38.